The molecule has 140 valence electrons. The summed E-state index contributed by atoms with van der Waals surface area (Å²) < 4.78 is 0. The molecule has 0 bridgehead atoms. The van der Waals surface area contributed by atoms with E-state index >= 15 is 0 Å². The van der Waals surface area contributed by atoms with E-state index in [0.29, 0.717) is 37.8 Å². The number of piperazine rings is 1. The lowest BCUT2D eigenvalue weighted by Crippen LogP contribution is -2.50. The molecule has 1 atom stereocenters. The fraction of sp³-hybridized carbons (Fsp3) is 0.579. The third-order valence-electron chi connectivity index (χ3n) is 5.14. The molecule has 1 aromatic heterocycles. The summed E-state index contributed by atoms with van der Waals surface area (Å²) >= 11 is 0. The number of carbonyl (C=O) groups excluding carboxylic acids is 3. The number of piperidine rings is 1. The van der Waals surface area contributed by atoms with Crippen molar-refractivity contribution in [2.75, 3.05) is 39.3 Å². The predicted molar refractivity (Wildman–Crippen MR) is 96.7 cm³/mol. The maximum Gasteiger partial charge on any atom is 0.272 e. The van der Waals surface area contributed by atoms with Crippen LogP contribution in [-0.2, 0) is 4.79 Å². The van der Waals surface area contributed by atoms with E-state index in [1.165, 1.54) is 6.92 Å². The van der Waals surface area contributed by atoms with Gasteiger partial charge >= 0.3 is 0 Å². The molecule has 26 heavy (non-hydrogen) atoms. The Morgan fingerprint density at radius 1 is 0.923 bits per heavy atom. The number of likely N-dealkylation sites (tertiary alicyclic amines) is 1. The first-order chi connectivity index (χ1) is 12.5. The number of carbonyl (C=O) groups is 3. The van der Waals surface area contributed by atoms with Crippen LogP contribution < -0.4 is 0 Å². The molecule has 0 radical (unpaired) electrons. The average molecular weight is 358 g/mol. The Labute approximate surface area is 154 Å². The molecule has 2 saturated heterocycles. The molecule has 3 heterocycles. The first kappa shape index (κ1) is 18.4. The number of amides is 3. The molecule has 7 heteroatoms. The van der Waals surface area contributed by atoms with Crippen LogP contribution in [0.1, 0.15) is 47.7 Å². The third kappa shape index (κ3) is 4.03. The lowest BCUT2D eigenvalue weighted by Gasteiger charge is -2.34. The Kier molecular flexibility index (Phi) is 5.54. The standard InChI is InChI=1S/C19H26N4O3/c1-14-5-4-8-23(13-14)19(26)17-7-3-6-16(20-17)18(25)22-11-9-21(10-12-22)15(2)24/h3,6-7,14H,4-5,8-13H2,1-2H3. The van der Waals surface area contributed by atoms with Gasteiger partial charge in [-0.3, -0.25) is 14.4 Å². The van der Waals surface area contributed by atoms with Crippen molar-refractivity contribution in [3.05, 3.63) is 29.6 Å². The molecule has 2 aliphatic rings. The van der Waals surface area contributed by atoms with Crippen molar-refractivity contribution < 1.29 is 14.4 Å². The molecule has 0 aromatic carbocycles. The van der Waals surface area contributed by atoms with Gasteiger partial charge in [0.1, 0.15) is 11.4 Å². The zero-order valence-corrected chi connectivity index (χ0v) is 15.5. The van der Waals surface area contributed by atoms with Gasteiger partial charge in [0.25, 0.3) is 11.8 Å². The quantitative estimate of drug-likeness (QED) is 0.798. The summed E-state index contributed by atoms with van der Waals surface area (Å²) in [6, 6.07) is 5.04. The first-order valence-corrected chi connectivity index (χ1v) is 9.27. The minimum atomic E-state index is -0.185. The van der Waals surface area contributed by atoms with Crippen LogP contribution in [0.15, 0.2) is 18.2 Å². The molecule has 0 spiro atoms. The molecule has 1 aromatic rings. The number of aromatic nitrogens is 1. The van der Waals surface area contributed by atoms with E-state index < -0.39 is 0 Å². The second-order valence-electron chi connectivity index (χ2n) is 7.20. The van der Waals surface area contributed by atoms with Crippen molar-refractivity contribution in [1.29, 1.82) is 0 Å². The Morgan fingerprint density at radius 3 is 2.08 bits per heavy atom. The van der Waals surface area contributed by atoms with Crippen LogP contribution in [0, 0.1) is 5.92 Å². The van der Waals surface area contributed by atoms with Gasteiger partial charge in [0, 0.05) is 46.2 Å². The third-order valence-corrected chi connectivity index (χ3v) is 5.14. The van der Waals surface area contributed by atoms with Gasteiger partial charge in [-0.25, -0.2) is 4.98 Å². The van der Waals surface area contributed by atoms with Crippen molar-refractivity contribution in [2.45, 2.75) is 26.7 Å². The predicted octanol–water partition coefficient (Wildman–Crippen LogP) is 1.26. The van der Waals surface area contributed by atoms with Crippen molar-refractivity contribution in [3.8, 4) is 0 Å². The maximum absolute atomic E-state index is 12.7. The Hall–Kier alpha value is -2.44. The molecule has 1 unspecified atom stereocenters. The van der Waals surface area contributed by atoms with Gasteiger partial charge in [0.2, 0.25) is 5.91 Å². The zero-order valence-electron chi connectivity index (χ0n) is 15.5. The summed E-state index contributed by atoms with van der Waals surface area (Å²) in [5.41, 5.74) is 0.615. The van der Waals surface area contributed by atoms with Crippen molar-refractivity contribution in [1.82, 2.24) is 19.7 Å². The fourth-order valence-electron chi connectivity index (χ4n) is 3.60. The molecule has 3 rings (SSSR count). The highest BCUT2D eigenvalue weighted by molar-refractivity contribution is 5.96. The number of hydrogen-bond donors (Lipinski definition) is 0. The van der Waals surface area contributed by atoms with Crippen molar-refractivity contribution in [2.24, 2.45) is 5.92 Å². The van der Waals surface area contributed by atoms with Crippen molar-refractivity contribution >= 4 is 17.7 Å². The second kappa shape index (κ2) is 7.85. The van der Waals surface area contributed by atoms with Crippen LogP contribution in [0.4, 0.5) is 0 Å². The maximum atomic E-state index is 12.7. The monoisotopic (exact) mass is 358 g/mol. The second-order valence-corrected chi connectivity index (χ2v) is 7.20. The van der Waals surface area contributed by atoms with Gasteiger partial charge in [0.05, 0.1) is 0 Å². The largest absolute Gasteiger partial charge is 0.339 e. The van der Waals surface area contributed by atoms with Crippen LogP contribution >= 0.6 is 0 Å². The SMILES string of the molecule is CC(=O)N1CCN(C(=O)c2cccc(C(=O)N3CCCC(C)C3)n2)CC1. The lowest BCUT2D eigenvalue weighted by molar-refractivity contribution is -0.130. The topological polar surface area (TPSA) is 73.8 Å². The highest BCUT2D eigenvalue weighted by Crippen LogP contribution is 2.18. The lowest BCUT2D eigenvalue weighted by atomic mass is 10.00. The highest BCUT2D eigenvalue weighted by atomic mass is 16.2. The summed E-state index contributed by atoms with van der Waals surface area (Å²) in [7, 11) is 0. The van der Waals surface area contributed by atoms with Crippen LogP contribution in [0.5, 0.6) is 0 Å². The molecule has 0 saturated carbocycles. The summed E-state index contributed by atoms with van der Waals surface area (Å²) in [6.45, 7) is 7.21. The number of pyridine rings is 1. The van der Waals surface area contributed by atoms with E-state index in [9.17, 15) is 14.4 Å². The highest BCUT2D eigenvalue weighted by Gasteiger charge is 2.26. The number of hydrogen-bond acceptors (Lipinski definition) is 4. The van der Waals surface area contributed by atoms with Gasteiger partial charge < -0.3 is 14.7 Å². The summed E-state index contributed by atoms with van der Waals surface area (Å²) in [4.78, 5) is 46.4. The molecule has 0 aliphatic carbocycles. The van der Waals surface area contributed by atoms with E-state index in [1.54, 1.807) is 28.0 Å². The van der Waals surface area contributed by atoms with E-state index in [0.717, 1.165) is 25.9 Å². The van der Waals surface area contributed by atoms with Gasteiger partial charge in [0.15, 0.2) is 0 Å². The van der Waals surface area contributed by atoms with Crippen LogP contribution in [0.25, 0.3) is 0 Å². The molecule has 3 amide bonds. The zero-order chi connectivity index (χ0) is 18.7. The minimum Gasteiger partial charge on any atom is -0.339 e. The van der Waals surface area contributed by atoms with E-state index in [1.807, 2.05) is 4.90 Å². The van der Waals surface area contributed by atoms with E-state index in [4.69, 9.17) is 0 Å². The average Bonchev–Trinajstić information content (AvgIpc) is 2.67. The van der Waals surface area contributed by atoms with Gasteiger partial charge in [-0.15, -0.1) is 0 Å². The number of nitrogens with zero attached hydrogens (tertiary/aromatic N) is 4. The molecule has 7 nitrogen and oxygen atoms in total. The molecular formula is C19H26N4O3. The molecular weight excluding hydrogens is 332 g/mol. The Morgan fingerprint density at radius 2 is 1.50 bits per heavy atom. The summed E-state index contributed by atoms with van der Waals surface area (Å²) in [5, 5.41) is 0. The first-order valence-electron chi connectivity index (χ1n) is 9.27. The Balaban J connectivity index is 1.68. The van der Waals surface area contributed by atoms with Gasteiger partial charge in [-0.05, 0) is 30.9 Å². The Bertz CT molecular complexity index is 698. The van der Waals surface area contributed by atoms with E-state index in [-0.39, 0.29) is 23.4 Å². The molecule has 2 fully saturated rings. The fourth-order valence-corrected chi connectivity index (χ4v) is 3.60. The van der Waals surface area contributed by atoms with E-state index in [2.05, 4.69) is 11.9 Å². The molecule has 0 N–H and O–H groups in total. The minimum absolute atomic E-state index is 0.0265. The summed E-state index contributed by atoms with van der Waals surface area (Å²) in [6.07, 6.45) is 2.15. The van der Waals surface area contributed by atoms with Crippen LogP contribution in [-0.4, -0.2) is 76.7 Å². The van der Waals surface area contributed by atoms with Crippen molar-refractivity contribution in [3.63, 3.8) is 0 Å². The van der Waals surface area contributed by atoms with Crippen LogP contribution in [0.3, 0.4) is 0 Å². The summed E-state index contributed by atoms with van der Waals surface area (Å²) in [5.74, 6) is 0.233. The smallest absolute Gasteiger partial charge is 0.272 e. The number of rotatable bonds is 2. The van der Waals surface area contributed by atoms with Crippen LogP contribution in [0.2, 0.25) is 0 Å². The van der Waals surface area contributed by atoms with Gasteiger partial charge in [-0.1, -0.05) is 13.0 Å². The molecule has 2 aliphatic heterocycles. The van der Waals surface area contributed by atoms with Gasteiger partial charge in [-0.2, -0.15) is 0 Å². The normalized spacial score (nSPS) is 20.8.